The van der Waals surface area contributed by atoms with Gasteiger partial charge in [-0.15, -0.1) is 0 Å². The molecule has 206 valence electrons. The van der Waals surface area contributed by atoms with E-state index in [-0.39, 0.29) is 35.2 Å². The van der Waals surface area contributed by atoms with Crippen molar-refractivity contribution >= 4 is 28.7 Å². The summed E-state index contributed by atoms with van der Waals surface area (Å²) in [7, 11) is 0. The van der Waals surface area contributed by atoms with Crippen molar-refractivity contribution in [3.63, 3.8) is 0 Å². The molecule has 2 fully saturated rings. The maximum atomic E-state index is 14.1. The number of nitrogens with zero attached hydrogens (tertiary/aromatic N) is 1. The molecule has 4 rings (SSSR count). The van der Waals surface area contributed by atoms with E-state index in [1.807, 2.05) is 20.8 Å². The van der Waals surface area contributed by atoms with Gasteiger partial charge < -0.3 is 20.0 Å². The molecule has 8 nitrogen and oxygen atoms in total. The van der Waals surface area contributed by atoms with Gasteiger partial charge in [0.15, 0.2) is 22.6 Å². The predicted molar refractivity (Wildman–Crippen MR) is 137 cm³/mol. The van der Waals surface area contributed by atoms with Crippen molar-refractivity contribution in [1.82, 2.24) is 15.5 Å². The molecular weight excluding hydrogens is 496 g/mol. The van der Waals surface area contributed by atoms with Gasteiger partial charge in [-0.25, -0.2) is 8.78 Å². The second-order valence-corrected chi connectivity index (χ2v) is 11.5. The normalized spacial score (nSPS) is 18.3. The molecule has 0 bridgehead atoms. The highest BCUT2D eigenvalue weighted by Crippen LogP contribution is 2.46. The number of piperidine rings is 1. The van der Waals surface area contributed by atoms with Gasteiger partial charge in [-0.1, -0.05) is 19.3 Å². The van der Waals surface area contributed by atoms with Gasteiger partial charge in [-0.2, -0.15) is 0 Å². The topological polar surface area (TPSA) is 109 Å². The number of hydrogen-bond acceptors (Lipinski definition) is 5. The summed E-state index contributed by atoms with van der Waals surface area (Å²) in [5.74, 6) is -3.38. The SMILES string of the molecule is CC(C)(C)NC(=O)C1(C2CCCCC2)CCN(C(=O)CNC(=O)c2cc(=O)c3cc(F)cc(F)c3o2)CC1. The summed E-state index contributed by atoms with van der Waals surface area (Å²) in [5.41, 5.74) is -2.18. The molecule has 1 aliphatic carbocycles. The number of rotatable bonds is 5. The van der Waals surface area contributed by atoms with E-state index in [0.29, 0.717) is 32.0 Å². The second-order valence-electron chi connectivity index (χ2n) is 11.5. The second kappa shape index (κ2) is 10.8. The molecule has 38 heavy (non-hydrogen) atoms. The third kappa shape index (κ3) is 5.89. The van der Waals surface area contributed by atoms with Gasteiger partial charge >= 0.3 is 0 Å². The van der Waals surface area contributed by atoms with Crippen molar-refractivity contribution in [2.75, 3.05) is 19.6 Å². The fourth-order valence-corrected chi connectivity index (χ4v) is 5.75. The summed E-state index contributed by atoms with van der Waals surface area (Å²) >= 11 is 0. The zero-order chi connectivity index (χ0) is 27.7. The molecule has 0 spiro atoms. The molecule has 1 aliphatic heterocycles. The average molecular weight is 532 g/mol. The van der Waals surface area contributed by atoms with Crippen molar-refractivity contribution in [2.24, 2.45) is 11.3 Å². The Balaban J connectivity index is 1.41. The van der Waals surface area contributed by atoms with Gasteiger partial charge in [-0.05, 0) is 58.4 Å². The summed E-state index contributed by atoms with van der Waals surface area (Å²) in [6.45, 7) is 6.33. The zero-order valence-corrected chi connectivity index (χ0v) is 22.1. The Kier molecular flexibility index (Phi) is 7.90. The standard InChI is InChI=1S/C28H35F2N3O5/c1-27(2,3)32-26(37)28(17-7-5-4-6-8-17)9-11-33(12-10-28)23(35)16-31-25(36)22-15-21(34)19-13-18(29)14-20(30)24(19)38-22/h13-15,17H,4-12,16H2,1-3H3,(H,31,36)(H,32,37). The Morgan fingerprint density at radius 2 is 1.71 bits per heavy atom. The van der Waals surface area contributed by atoms with E-state index >= 15 is 0 Å². The summed E-state index contributed by atoms with van der Waals surface area (Å²) in [6.07, 6.45) is 6.50. The number of fused-ring (bicyclic) bond motifs is 1. The lowest BCUT2D eigenvalue weighted by atomic mass is 9.63. The van der Waals surface area contributed by atoms with Crippen molar-refractivity contribution < 1.29 is 27.6 Å². The van der Waals surface area contributed by atoms with Crippen LogP contribution in [0.25, 0.3) is 11.0 Å². The van der Waals surface area contributed by atoms with Crippen LogP contribution in [-0.4, -0.2) is 47.8 Å². The molecule has 3 amide bonds. The van der Waals surface area contributed by atoms with Gasteiger partial charge in [0.05, 0.1) is 17.3 Å². The number of likely N-dealkylation sites (tertiary alicyclic amines) is 1. The third-order valence-electron chi connectivity index (χ3n) is 7.71. The molecule has 1 saturated heterocycles. The molecule has 2 aliphatic rings. The molecule has 0 radical (unpaired) electrons. The van der Waals surface area contributed by atoms with E-state index in [1.165, 1.54) is 6.42 Å². The number of carbonyl (C=O) groups is 3. The largest absolute Gasteiger partial charge is 0.448 e. The summed E-state index contributed by atoms with van der Waals surface area (Å²) < 4.78 is 32.7. The lowest BCUT2D eigenvalue weighted by Crippen LogP contribution is -2.57. The van der Waals surface area contributed by atoms with Crippen molar-refractivity contribution in [2.45, 2.75) is 71.3 Å². The Morgan fingerprint density at radius 3 is 2.34 bits per heavy atom. The van der Waals surface area contributed by atoms with Crippen LogP contribution >= 0.6 is 0 Å². The molecule has 10 heteroatoms. The van der Waals surface area contributed by atoms with E-state index in [4.69, 9.17) is 4.42 Å². The van der Waals surface area contributed by atoms with Crippen LogP contribution in [0, 0.1) is 23.0 Å². The highest BCUT2D eigenvalue weighted by atomic mass is 19.1. The minimum atomic E-state index is -1.10. The summed E-state index contributed by atoms with van der Waals surface area (Å²) in [5, 5.41) is 5.27. The minimum Gasteiger partial charge on any atom is -0.448 e. The molecule has 2 aromatic rings. The number of hydrogen-bond donors (Lipinski definition) is 2. The first-order valence-electron chi connectivity index (χ1n) is 13.2. The maximum Gasteiger partial charge on any atom is 0.287 e. The molecule has 0 atom stereocenters. The van der Waals surface area contributed by atoms with E-state index in [1.54, 1.807) is 4.90 Å². The first-order valence-corrected chi connectivity index (χ1v) is 13.2. The predicted octanol–water partition coefficient (Wildman–Crippen LogP) is 3.90. The highest BCUT2D eigenvalue weighted by Gasteiger charge is 2.48. The Hall–Kier alpha value is -3.30. The molecule has 1 aromatic heterocycles. The fourth-order valence-electron chi connectivity index (χ4n) is 5.75. The van der Waals surface area contributed by atoms with Crippen LogP contribution in [0.2, 0.25) is 0 Å². The number of amides is 3. The van der Waals surface area contributed by atoms with Crippen molar-refractivity contribution in [3.05, 3.63) is 45.8 Å². The molecule has 1 aromatic carbocycles. The van der Waals surface area contributed by atoms with Crippen LogP contribution in [0.5, 0.6) is 0 Å². The fraction of sp³-hybridized carbons (Fsp3) is 0.571. The summed E-state index contributed by atoms with van der Waals surface area (Å²) in [6, 6.07) is 2.23. The van der Waals surface area contributed by atoms with Gasteiger partial charge in [0.1, 0.15) is 5.82 Å². The molecule has 1 saturated carbocycles. The van der Waals surface area contributed by atoms with Crippen LogP contribution in [0.3, 0.4) is 0 Å². The van der Waals surface area contributed by atoms with Gasteiger partial charge in [-0.3, -0.25) is 19.2 Å². The first kappa shape index (κ1) is 27.7. The van der Waals surface area contributed by atoms with Crippen LogP contribution in [0.1, 0.15) is 76.3 Å². The monoisotopic (exact) mass is 531 g/mol. The Labute approximate surface area is 220 Å². The number of benzene rings is 1. The van der Waals surface area contributed by atoms with Crippen molar-refractivity contribution in [3.8, 4) is 0 Å². The van der Waals surface area contributed by atoms with Gasteiger partial charge in [0, 0.05) is 30.8 Å². The summed E-state index contributed by atoms with van der Waals surface area (Å²) in [4.78, 5) is 52.8. The molecule has 0 unspecified atom stereocenters. The lowest BCUT2D eigenvalue weighted by molar-refractivity contribution is -0.145. The van der Waals surface area contributed by atoms with Crippen LogP contribution in [0.15, 0.2) is 27.4 Å². The lowest BCUT2D eigenvalue weighted by Gasteiger charge is -2.47. The maximum absolute atomic E-state index is 14.1. The van der Waals surface area contributed by atoms with Gasteiger partial charge in [0.25, 0.3) is 5.91 Å². The van der Waals surface area contributed by atoms with E-state index < -0.39 is 39.7 Å². The van der Waals surface area contributed by atoms with Gasteiger partial charge in [0.2, 0.25) is 11.8 Å². The Morgan fingerprint density at radius 1 is 1.05 bits per heavy atom. The number of halogens is 2. The first-order chi connectivity index (χ1) is 17.9. The molecule has 2 heterocycles. The number of nitrogens with one attached hydrogen (secondary N) is 2. The highest BCUT2D eigenvalue weighted by molar-refractivity contribution is 5.95. The van der Waals surface area contributed by atoms with Crippen LogP contribution in [-0.2, 0) is 9.59 Å². The molecule has 2 N–H and O–H groups in total. The average Bonchev–Trinajstić information content (AvgIpc) is 2.87. The minimum absolute atomic E-state index is 0.0516. The third-order valence-corrected chi connectivity index (χ3v) is 7.71. The zero-order valence-electron chi connectivity index (χ0n) is 22.1. The quantitative estimate of drug-likeness (QED) is 0.608. The van der Waals surface area contributed by atoms with E-state index in [0.717, 1.165) is 37.8 Å². The molecular formula is C28H35F2N3O5. The van der Waals surface area contributed by atoms with Crippen LogP contribution in [0.4, 0.5) is 8.78 Å². The van der Waals surface area contributed by atoms with E-state index in [9.17, 15) is 28.0 Å². The van der Waals surface area contributed by atoms with Crippen molar-refractivity contribution in [1.29, 1.82) is 0 Å². The van der Waals surface area contributed by atoms with Crippen LogP contribution < -0.4 is 16.1 Å². The van der Waals surface area contributed by atoms with E-state index in [2.05, 4.69) is 10.6 Å². The smallest absolute Gasteiger partial charge is 0.287 e. The Bertz CT molecular complexity index is 1290. The number of carbonyl (C=O) groups excluding carboxylic acids is 3.